The van der Waals surface area contributed by atoms with Crippen LogP contribution in [0.4, 0.5) is 5.95 Å². The van der Waals surface area contributed by atoms with E-state index in [4.69, 9.17) is 5.73 Å². The molecule has 94 valence electrons. The van der Waals surface area contributed by atoms with Crippen LogP contribution in [0.25, 0.3) is 22.2 Å². The maximum Gasteiger partial charge on any atom is 0.240 e. The number of anilines is 1. The van der Waals surface area contributed by atoms with Crippen LogP contribution in [0.1, 0.15) is 5.56 Å². The van der Waals surface area contributed by atoms with Crippen LogP contribution in [-0.2, 0) is 0 Å². The molecule has 3 rings (SSSR count). The molecule has 3 aromatic rings. The molecule has 0 fully saturated rings. The lowest BCUT2D eigenvalue weighted by Gasteiger charge is -2.09. The first kappa shape index (κ1) is 11.4. The molecule has 0 saturated heterocycles. The van der Waals surface area contributed by atoms with Gasteiger partial charge in [0, 0.05) is 11.6 Å². The van der Waals surface area contributed by atoms with E-state index < -0.39 is 0 Å². The SMILES string of the molecule is Cc1ccccc1-c1cc2nnc(N)nc2cc1O. The first-order chi connectivity index (χ1) is 9.15. The minimum absolute atomic E-state index is 0.0931. The van der Waals surface area contributed by atoms with Gasteiger partial charge in [0.2, 0.25) is 5.95 Å². The third-order valence-corrected chi connectivity index (χ3v) is 3.02. The molecule has 5 heteroatoms. The van der Waals surface area contributed by atoms with Crippen molar-refractivity contribution in [3.8, 4) is 16.9 Å². The Kier molecular flexibility index (Phi) is 2.52. The quantitative estimate of drug-likeness (QED) is 0.694. The molecule has 0 radical (unpaired) electrons. The van der Waals surface area contributed by atoms with Crippen LogP contribution in [0.15, 0.2) is 36.4 Å². The standard InChI is InChI=1S/C14H12N4O/c1-8-4-2-3-5-9(8)10-6-12-11(7-13(10)19)16-14(15)18-17-12/h2-7,19H,1H3,(H2,15,16,18). The number of phenolic OH excluding ortho intramolecular Hbond substituents is 1. The van der Waals surface area contributed by atoms with E-state index in [0.29, 0.717) is 16.6 Å². The van der Waals surface area contributed by atoms with Crippen LogP contribution in [0.3, 0.4) is 0 Å². The van der Waals surface area contributed by atoms with E-state index in [1.54, 1.807) is 12.1 Å². The molecule has 0 aliphatic rings. The second kappa shape index (κ2) is 4.20. The number of aromatic hydroxyl groups is 1. The van der Waals surface area contributed by atoms with Crippen LogP contribution < -0.4 is 5.73 Å². The summed E-state index contributed by atoms with van der Waals surface area (Å²) < 4.78 is 0. The maximum atomic E-state index is 10.1. The van der Waals surface area contributed by atoms with Crippen molar-refractivity contribution in [1.82, 2.24) is 15.2 Å². The van der Waals surface area contributed by atoms with Crippen LogP contribution in [0.5, 0.6) is 5.75 Å². The minimum Gasteiger partial charge on any atom is -0.507 e. The number of nitrogens with zero attached hydrogens (tertiary/aromatic N) is 3. The van der Waals surface area contributed by atoms with Crippen LogP contribution in [-0.4, -0.2) is 20.3 Å². The summed E-state index contributed by atoms with van der Waals surface area (Å²) >= 11 is 0. The van der Waals surface area contributed by atoms with Crippen molar-refractivity contribution < 1.29 is 5.11 Å². The zero-order valence-electron chi connectivity index (χ0n) is 10.3. The maximum absolute atomic E-state index is 10.1. The Labute approximate surface area is 109 Å². The lowest BCUT2D eigenvalue weighted by Crippen LogP contribution is -1.98. The first-order valence-corrected chi connectivity index (χ1v) is 5.84. The van der Waals surface area contributed by atoms with Gasteiger partial charge in [-0.05, 0) is 24.1 Å². The summed E-state index contributed by atoms with van der Waals surface area (Å²) in [6, 6.07) is 11.2. The van der Waals surface area contributed by atoms with Crippen molar-refractivity contribution in [2.75, 3.05) is 5.73 Å². The zero-order valence-corrected chi connectivity index (χ0v) is 10.3. The van der Waals surface area contributed by atoms with E-state index >= 15 is 0 Å². The first-order valence-electron chi connectivity index (χ1n) is 5.84. The van der Waals surface area contributed by atoms with Crippen molar-refractivity contribution >= 4 is 17.0 Å². The normalized spacial score (nSPS) is 10.8. The lowest BCUT2D eigenvalue weighted by atomic mass is 9.99. The number of aromatic nitrogens is 3. The fourth-order valence-corrected chi connectivity index (χ4v) is 2.08. The highest BCUT2D eigenvalue weighted by Gasteiger charge is 2.10. The number of nitrogen functional groups attached to an aromatic ring is 1. The van der Waals surface area contributed by atoms with Gasteiger partial charge in [-0.1, -0.05) is 24.3 Å². The number of rotatable bonds is 1. The molecule has 0 amide bonds. The molecule has 0 saturated carbocycles. The van der Waals surface area contributed by atoms with Crippen molar-refractivity contribution in [3.05, 3.63) is 42.0 Å². The minimum atomic E-state index is 0.0931. The summed E-state index contributed by atoms with van der Waals surface area (Å²) in [7, 11) is 0. The summed E-state index contributed by atoms with van der Waals surface area (Å²) in [6.45, 7) is 1.99. The highest BCUT2D eigenvalue weighted by Crippen LogP contribution is 2.33. The molecule has 3 N–H and O–H groups in total. The van der Waals surface area contributed by atoms with E-state index in [2.05, 4.69) is 15.2 Å². The molecule has 19 heavy (non-hydrogen) atoms. The van der Waals surface area contributed by atoms with E-state index in [-0.39, 0.29) is 11.7 Å². The molecule has 0 unspecified atom stereocenters. The molecular weight excluding hydrogens is 240 g/mol. The summed E-state index contributed by atoms with van der Waals surface area (Å²) in [5.74, 6) is 0.247. The largest absolute Gasteiger partial charge is 0.507 e. The van der Waals surface area contributed by atoms with Gasteiger partial charge >= 0.3 is 0 Å². The number of benzene rings is 2. The molecular formula is C14H12N4O. The van der Waals surface area contributed by atoms with Gasteiger partial charge < -0.3 is 10.8 Å². The predicted molar refractivity (Wildman–Crippen MR) is 73.6 cm³/mol. The fourth-order valence-electron chi connectivity index (χ4n) is 2.08. The number of fused-ring (bicyclic) bond motifs is 1. The van der Waals surface area contributed by atoms with Crippen molar-refractivity contribution in [2.45, 2.75) is 6.92 Å². The van der Waals surface area contributed by atoms with Crippen LogP contribution in [0.2, 0.25) is 0 Å². The predicted octanol–water partition coefficient (Wildman–Crippen LogP) is 2.29. The Bertz CT molecular complexity index is 770. The molecule has 1 heterocycles. The summed E-state index contributed by atoms with van der Waals surface area (Å²) in [5, 5.41) is 17.9. The second-order valence-corrected chi connectivity index (χ2v) is 4.34. The third-order valence-electron chi connectivity index (χ3n) is 3.02. The van der Waals surface area contributed by atoms with Crippen molar-refractivity contribution in [3.63, 3.8) is 0 Å². The van der Waals surface area contributed by atoms with E-state index in [0.717, 1.165) is 11.1 Å². The number of nitrogens with two attached hydrogens (primary N) is 1. The number of phenols is 1. The molecule has 5 nitrogen and oxygen atoms in total. The Morgan fingerprint density at radius 1 is 1.00 bits per heavy atom. The third kappa shape index (κ3) is 1.95. The molecule has 0 spiro atoms. The number of hydrogen-bond donors (Lipinski definition) is 2. The summed E-state index contributed by atoms with van der Waals surface area (Å²) in [4.78, 5) is 4.04. The second-order valence-electron chi connectivity index (χ2n) is 4.34. The topological polar surface area (TPSA) is 84.9 Å². The van der Waals surface area contributed by atoms with Crippen LogP contribution in [0, 0.1) is 6.92 Å². The van der Waals surface area contributed by atoms with E-state index in [9.17, 15) is 5.11 Å². The van der Waals surface area contributed by atoms with Crippen molar-refractivity contribution in [1.29, 1.82) is 0 Å². The fraction of sp³-hybridized carbons (Fsp3) is 0.0714. The van der Waals surface area contributed by atoms with E-state index in [1.165, 1.54) is 0 Å². The highest BCUT2D eigenvalue weighted by molar-refractivity contribution is 5.86. The Balaban J connectivity index is 2.28. The molecule has 0 bridgehead atoms. The summed E-state index contributed by atoms with van der Waals surface area (Å²) in [6.07, 6.45) is 0. The van der Waals surface area contributed by atoms with Gasteiger partial charge in [-0.15, -0.1) is 10.2 Å². The van der Waals surface area contributed by atoms with Crippen molar-refractivity contribution in [2.24, 2.45) is 0 Å². The molecule has 2 aromatic carbocycles. The van der Waals surface area contributed by atoms with Gasteiger partial charge in [0.1, 0.15) is 11.3 Å². The molecule has 0 aliphatic carbocycles. The Morgan fingerprint density at radius 3 is 2.58 bits per heavy atom. The molecule has 0 aliphatic heterocycles. The number of hydrogen-bond acceptors (Lipinski definition) is 5. The highest BCUT2D eigenvalue weighted by atomic mass is 16.3. The smallest absolute Gasteiger partial charge is 0.240 e. The van der Waals surface area contributed by atoms with Gasteiger partial charge in [-0.2, -0.15) is 0 Å². The average molecular weight is 252 g/mol. The Hall–Kier alpha value is -2.69. The van der Waals surface area contributed by atoms with Crippen LogP contribution >= 0.6 is 0 Å². The molecule has 1 aromatic heterocycles. The Morgan fingerprint density at radius 2 is 1.79 bits per heavy atom. The van der Waals surface area contributed by atoms with Gasteiger partial charge in [-0.25, -0.2) is 4.98 Å². The van der Waals surface area contributed by atoms with Gasteiger partial charge in [0.15, 0.2) is 0 Å². The molecule has 0 atom stereocenters. The lowest BCUT2D eigenvalue weighted by molar-refractivity contribution is 0.478. The monoisotopic (exact) mass is 252 g/mol. The zero-order chi connectivity index (χ0) is 13.4. The number of aryl methyl sites for hydroxylation is 1. The van der Waals surface area contributed by atoms with Gasteiger partial charge in [-0.3, -0.25) is 0 Å². The van der Waals surface area contributed by atoms with Gasteiger partial charge in [0.05, 0.1) is 5.52 Å². The summed E-state index contributed by atoms with van der Waals surface area (Å²) in [5.41, 5.74) is 9.36. The van der Waals surface area contributed by atoms with E-state index in [1.807, 2.05) is 31.2 Å². The average Bonchev–Trinajstić information content (AvgIpc) is 2.39. The van der Waals surface area contributed by atoms with Gasteiger partial charge in [0.25, 0.3) is 0 Å².